The Kier molecular flexibility index (Phi) is 3.41. The van der Waals surface area contributed by atoms with E-state index in [1.165, 1.54) is 0 Å². The SMILES string of the molecule is Cc1nc2ccccc2c(=O)n1-c1cccc(NC(=O)C2CC2)c1. The average Bonchev–Trinajstić information content (AvgIpc) is 3.40. The van der Waals surface area contributed by atoms with Gasteiger partial charge in [-0.3, -0.25) is 14.2 Å². The van der Waals surface area contributed by atoms with Gasteiger partial charge in [0.25, 0.3) is 5.56 Å². The van der Waals surface area contributed by atoms with Crippen LogP contribution in [0.25, 0.3) is 16.6 Å². The molecule has 2 aromatic carbocycles. The van der Waals surface area contributed by atoms with Gasteiger partial charge in [0.1, 0.15) is 5.82 Å². The molecule has 0 unspecified atom stereocenters. The molecule has 1 aromatic heterocycles. The summed E-state index contributed by atoms with van der Waals surface area (Å²) in [5.74, 6) is 0.803. The molecule has 5 nitrogen and oxygen atoms in total. The lowest BCUT2D eigenvalue weighted by Crippen LogP contribution is -2.22. The normalized spacial score (nSPS) is 13.9. The van der Waals surface area contributed by atoms with Gasteiger partial charge in [0.2, 0.25) is 5.91 Å². The maximum absolute atomic E-state index is 12.8. The molecule has 1 amide bonds. The van der Waals surface area contributed by atoms with E-state index in [-0.39, 0.29) is 17.4 Å². The largest absolute Gasteiger partial charge is 0.326 e. The number of para-hydroxylation sites is 1. The van der Waals surface area contributed by atoms with Gasteiger partial charge in [-0.25, -0.2) is 4.98 Å². The Morgan fingerprint density at radius 1 is 1.17 bits per heavy atom. The minimum absolute atomic E-state index is 0.0489. The van der Waals surface area contributed by atoms with Crippen LogP contribution in [0.15, 0.2) is 53.3 Å². The predicted octanol–water partition coefficient (Wildman–Crippen LogP) is 3.04. The van der Waals surface area contributed by atoms with Crippen LogP contribution in [0.3, 0.4) is 0 Å². The maximum Gasteiger partial charge on any atom is 0.265 e. The second-order valence-electron chi connectivity index (χ2n) is 6.13. The molecule has 1 saturated carbocycles. The van der Waals surface area contributed by atoms with Gasteiger partial charge in [0, 0.05) is 11.6 Å². The number of rotatable bonds is 3. The third kappa shape index (κ3) is 2.58. The van der Waals surface area contributed by atoms with E-state index < -0.39 is 0 Å². The molecule has 0 spiro atoms. The number of benzene rings is 2. The summed E-state index contributed by atoms with van der Waals surface area (Å²) in [6, 6.07) is 14.6. The van der Waals surface area contributed by atoms with Gasteiger partial charge in [-0.05, 0) is 50.1 Å². The zero-order valence-corrected chi connectivity index (χ0v) is 13.3. The standard InChI is InChI=1S/C19H17N3O2/c1-12-20-17-8-3-2-7-16(17)19(24)22(12)15-6-4-5-14(11-15)21-18(23)13-9-10-13/h2-8,11,13H,9-10H2,1H3,(H,21,23). The summed E-state index contributed by atoms with van der Waals surface area (Å²) >= 11 is 0. The summed E-state index contributed by atoms with van der Waals surface area (Å²) in [6.45, 7) is 1.81. The Balaban J connectivity index is 1.79. The predicted molar refractivity (Wildman–Crippen MR) is 93.4 cm³/mol. The summed E-state index contributed by atoms with van der Waals surface area (Å²) < 4.78 is 1.58. The van der Waals surface area contributed by atoms with Crippen LogP contribution in [0.4, 0.5) is 5.69 Å². The van der Waals surface area contributed by atoms with E-state index in [0.29, 0.717) is 28.1 Å². The fraction of sp³-hybridized carbons (Fsp3) is 0.211. The van der Waals surface area contributed by atoms with E-state index in [0.717, 1.165) is 12.8 Å². The van der Waals surface area contributed by atoms with Gasteiger partial charge in [-0.2, -0.15) is 0 Å². The monoisotopic (exact) mass is 319 g/mol. The lowest BCUT2D eigenvalue weighted by atomic mass is 10.2. The summed E-state index contributed by atoms with van der Waals surface area (Å²) in [5.41, 5.74) is 1.98. The third-order valence-corrected chi connectivity index (χ3v) is 4.26. The molecule has 0 atom stereocenters. The number of nitrogens with one attached hydrogen (secondary N) is 1. The molecule has 4 rings (SSSR count). The highest BCUT2D eigenvalue weighted by molar-refractivity contribution is 5.94. The van der Waals surface area contributed by atoms with Crippen LogP contribution < -0.4 is 10.9 Å². The Bertz CT molecular complexity index is 1000. The fourth-order valence-corrected chi connectivity index (χ4v) is 2.86. The zero-order valence-electron chi connectivity index (χ0n) is 13.3. The Labute approximate surface area is 139 Å². The zero-order chi connectivity index (χ0) is 16.7. The van der Waals surface area contributed by atoms with Crippen molar-refractivity contribution in [1.29, 1.82) is 0 Å². The van der Waals surface area contributed by atoms with Crippen molar-refractivity contribution in [1.82, 2.24) is 9.55 Å². The number of aryl methyl sites for hydroxylation is 1. The molecule has 0 radical (unpaired) electrons. The quantitative estimate of drug-likeness (QED) is 0.807. The van der Waals surface area contributed by atoms with Crippen LogP contribution in [0.5, 0.6) is 0 Å². The first-order chi connectivity index (χ1) is 11.6. The first-order valence-electron chi connectivity index (χ1n) is 8.03. The van der Waals surface area contributed by atoms with Crippen LogP contribution in [-0.4, -0.2) is 15.5 Å². The number of hydrogen-bond donors (Lipinski definition) is 1. The van der Waals surface area contributed by atoms with Gasteiger partial charge in [-0.15, -0.1) is 0 Å². The number of nitrogens with zero attached hydrogens (tertiary/aromatic N) is 2. The molecule has 1 heterocycles. The first-order valence-corrected chi connectivity index (χ1v) is 8.03. The lowest BCUT2D eigenvalue weighted by Gasteiger charge is -2.12. The van der Waals surface area contributed by atoms with Crippen molar-refractivity contribution < 1.29 is 4.79 Å². The fourth-order valence-electron chi connectivity index (χ4n) is 2.86. The Morgan fingerprint density at radius 3 is 2.75 bits per heavy atom. The van der Waals surface area contributed by atoms with Crippen molar-refractivity contribution >= 4 is 22.5 Å². The van der Waals surface area contributed by atoms with Gasteiger partial charge >= 0.3 is 0 Å². The number of fused-ring (bicyclic) bond motifs is 1. The van der Waals surface area contributed by atoms with Crippen LogP contribution in [0.2, 0.25) is 0 Å². The molecule has 5 heteroatoms. The van der Waals surface area contributed by atoms with Gasteiger partial charge in [-0.1, -0.05) is 18.2 Å². The molecule has 1 N–H and O–H groups in total. The summed E-state index contributed by atoms with van der Waals surface area (Å²) in [5, 5.41) is 3.49. The van der Waals surface area contributed by atoms with Crippen LogP contribution in [0, 0.1) is 12.8 Å². The molecule has 0 bridgehead atoms. The van der Waals surface area contributed by atoms with E-state index in [1.807, 2.05) is 49.4 Å². The second kappa shape index (κ2) is 5.60. The molecular formula is C19H17N3O2. The van der Waals surface area contributed by atoms with Crippen molar-refractivity contribution in [3.8, 4) is 5.69 Å². The van der Waals surface area contributed by atoms with Gasteiger partial charge in [0.05, 0.1) is 16.6 Å². The van der Waals surface area contributed by atoms with Crippen LogP contribution >= 0.6 is 0 Å². The number of anilines is 1. The molecule has 1 aliphatic rings. The lowest BCUT2D eigenvalue weighted by molar-refractivity contribution is -0.117. The number of hydrogen-bond acceptors (Lipinski definition) is 3. The Hall–Kier alpha value is -2.95. The summed E-state index contributed by atoms with van der Waals surface area (Å²) in [4.78, 5) is 29.3. The Morgan fingerprint density at radius 2 is 1.96 bits per heavy atom. The number of aromatic nitrogens is 2. The van der Waals surface area contributed by atoms with E-state index in [4.69, 9.17) is 0 Å². The maximum atomic E-state index is 12.8. The second-order valence-corrected chi connectivity index (χ2v) is 6.13. The molecule has 3 aromatic rings. The van der Waals surface area contributed by atoms with Crippen molar-refractivity contribution in [2.75, 3.05) is 5.32 Å². The van der Waals surface area contributed by atoms with Gasteiger partial charge in [0.15, 0.2) is 0 Å². The van der Waals surface area contributed by atoms with E-state index >= 15 is 0 Å². The van der Waals surface area contributed by atoms with Crippen molar-refractivity contribution in [3.63, 3.8) is 0 Å². The highest BCUT2D eigenvalue weighted by atomic mass is 16.2. The van der Waals surface area contributed by atoms with Crippen LogP contribution in [0.1, 0.15) is 18.7 Å². The summed E-state index contributed by atoms with van der Waals surface area (Å²) in [6.07, 6.45) is 1.91. The summed E-state index contributed by atoms with van der Waals surface area (Å²) in [7, 11) is 0. The molecule has 0 aliphatic heterocycles. The molecule has 1 fully saturated rings. The minimum Gasteiger partial charge on any atom is -0.326 e. The average molecular weight is 319 g/mol. The number of carbonyl (C=O) groups excluding carboxylic acids is 1. The molecule has 120 valence electrons. The van der Waals surface area contributed by atoms with Crippen molar-refractivity contribution in [3.05, 3.63) is 64.7 Å². The molecule has 0 saturated heterocycles. The van der Waals surface area contributed by atoms with Gasteiger partial charge < -0.3 is 5.32 Å². The molecule has 1 aliphatic carbocycles. The highest BCUT2D eigenvalue weighted by Gasteiger charge is 2.29. The van der Waals surface area contributed by atoms with E-state index in [2.05, 4.69) is 10.3 Å². The van der Waals surface area contributed by atoms with Crippen molar-refractivity contribution in [2.45, 2.75) is 19.8 Å². The molecular weight excluding hydrogens is 302 g/mol. The van der Waals surface area contributed by atoms with Crippen LogP contribution in [-0.2, 0) is 4.79 Å². The highest BCUT2D eigenvalue weighted by Crippen LogP contribution is 2.30. The van der Waals surface area contributed by atoms with Crippen molar-refractivity contribution in [2.24, 2.45) is 5.92 Å². The molecule has 24 heavy (non-hydrogen) atoms. The number of amides is 1. The smallest absolute Gasteiger partial charge is 0.265 e. The minimum atomic E-state index is -0.108. The topological polar surface area (TPSA) is 64.0 Å². The van der Waals surface area contributed by atoms with E-state index in [9.17, 15) is 9.59 Å². The number of carbonyl (C=O) groups is 1. The van der Waals surface area contributed by atoms with E-state index in [1.54, 1.807) is 10.6 Å². The third-order valence-electron chi connectivity index (χ3n) is 4.26. The first kappa shape index (κ1) is 14.6.